The van der Waals surface area contributed by atoms with Crippen LogP contribution in [0.1, 0.15) is 33.1 Å². The lowest BCUT2D eigenvalue weighted by atomic mass is 9.97. The molecular weight excluding hydrogens is 290 g/mol. The number of primary amides is 1. The van der Waals surface area contributed by atoms with Crippen LogP contribution < -0.4 is 11.1 Å². The van der Waals surface area contributed by atoms with Crippen LogP contribution in [0.5, 0.6) is 0 Å². The Morgan fingerprint density at radius 3 is 2.43 bits per heavy atom. The van der Waals surface area contributed by atoms with E-state index in [1.165, 1.54) is 0 Å². The van der Waals surface area contributed by atoms with Gasteiger partial charge in [-0.3, -0.25) is 9.69 Å². The summed E-state index contributed by atoms with van der Waals surface area (Å²) in [6.07, 6.45) is 2.22. The van der Waals surface area contributed by atoms with Gasteiger partial charge in [-0.2, -0.15) is 0 Å². The Morgan fingerprint density at radius 2 is 1.90 bits per heavy atom. The predicted molar refractivity (Wildman–Crippen MR) is 84.8 cm³/mol. The largest absolute Gasteiger partial charge is 0.370 e. The lowest BCUT2D eigenvalue weighted by Gasteiger charge is -2.32. The number of hydrogen-bond donors (Lipinski definition) is 2. The summed E-state index contributed by atoms with van der Waals surface area (Å²) in [5.74, 6) is 0.0429. The number of rotatable bonds is 9. The molecule has 1 rings (SSSR count). The second-order valence-corrected chi connectivity index (χ2v) is 8.45. The van der Waals surface area contributed by atoms with E-state index in [2.05, 4.69) is 24.1 Å². The van der Waals surface area contributed by atoms with E-state index in [-0.39, 0.29) is 17.9 Å². The molecule has 1 saturated heterocycles. The third kappa shape index (κ3) is 7.78. The number of carbonyl (C=O) groups is 1. The molecular formula is C14H29N3O3S. The standard InChI is InChI=1S/C14H29N3O3S/c1-12(2)17(11-13-3-6-16-7-4-13)8-10-21(19,20)9-5-14(15)18/h12-13,16H,3-11H2,1-2H3,(H2,15,18). The highest BCUT2D eigenvalue weighted by atomic mass is 32.2. The van der Waals surface area contributed by atoms with Crippen molar-refractivity contribution in [2.45, 2.75) is 39.2 Å². The van der Waals surface area contributed by atoms with Gasteiger partial charge in [0.25, 0.3) is 0 Å². The van der Waals surface area contributed by atoms with Gasteiger partial charge in [0.1, 0.15) is 0 Å². The van der Waals surface area contributed by atoms with Crippen molar-refractivity contribution < 1.29 is 13.2 Å². The van der Waals surface area contributed by atoms with Crippen molar-refractivity contribution in [3.05, 3.63) is 0 Å². The van der Waals surface area contributed by atoms with Crippen LogP contribution in [-0.2, 0) is 14.6 Å². The van der Waals surface area contributed by atoms with Crippen molar-refractivity contribution in [2.24, 2.45) is 11.7 Å². The number of piperidine rings is 1. The van der Waals surface area contributed by atoms with Crippen LogP contribution in [0.15, 0.2) is 0 Å². The Kier molecular flexibility index (Phi) is 7.62. The minimum absolute atomic E-state index is 0.0850. The van der Waals surface area contributed by atoms with Gasteiger partial charge < -0.3 is 11.1 Å². The van der Waals surface area contributed by atoms with Crippen LogP contribution in [0.3, 0.4) is 0 Å². The first-order valence-corrected chi connectivity index (χ1v) is 9.56. The normalized spacial score (nSPS) is 17.5. The fraction of sp³-hybridized carbons (Fsp3) is 0.929. The quantitative estimate of drug-likeness (QED) is 0.623. The van der Waals surface area contributed by atoms with E-state index in [0.717, 1.165) is 32.5 Å². The number of amides is 1. The Morgan fingerprint density at radius 1 is 1.29 bits per heavy atom. The molecule has 1 aliphatic heterocycles. The van der Waals surface area contributed by atoms with Gasteiger partial charge in [-0.15, -0.1) is 0 Å². The molecule has 0 aromatic carbocycles. The van der Waals surface area contributed by atoms with Crippen molar-refractivity contribution >= 4 is 15.7 Å². The molecule has 6 nitrogen and oxygen atoms in total. The highest BCUT2D eigenvalue weighted by molar-refractivity contribution is 7.91. The number of sulfone groups is 1. The van der Waals surface area contributed by atoms with Crippen LogP contribution in [-0.4, -0.2) is 63.0 Å². The van der Waals surface area contributed by atoms with Gasteiger partial charge in [-0.1, -0.05) is 0 Å². The van der Waals surface area contributed by atoms with Gasteiger partial charge in [0, 0.05) is 25.6 Å². The fourth-order valence-electron chi connectivity index (χ4n) is 2.57. The summed E-state index contributed by atoms with van der Waals surface area (Å²) in [5.41, 5.74) is 5.01. The summed E-state index contributed by atoms with van der Waals surface area (Å²) in [6, 6.07) is 0.325. The van der Waals surface area contributed by atoms with Gasteiger partial charge >= 0.3 is 0 Å². The van der Waals surface area contributed by atoms with E-state index in [0.29, 0.717) is 18.5 Å². The van der Waals surface area contributed by atoms with E-state index >= 15 is 0 Å². The van der Waals surface area contributed by atoms with E-state index in [1.54, 1.807) is 0 Å². The second kappa shape index (κ2) is 8.70. The van der Waals surface area contributed by atoms with Gasteiger partial charge in [-0.25, -0.2) is 8.42 Å². The van der Waals surface area contributed by atoms with E-state index in [1.807, 2.05) is 0 Å². The second-order valence-electron chi connectivity index (χ2n) is 6.15. The summed E-state index contributed by atoms with van der Waals surface area (Å²) in [5, 5.41) is 3.34. The summed E-state index contributed by atoms with van der Waals surface area (Å²) >= 11 is 0. The zero-order valence-corrected chi connectivity index (χ0v) is 14.0. The molecule has 1 fully saturated rings. The molecule has 0 atom stereocenters. The minimum Gasteiger partial charge on any atom is -0.370 e. The lowest BCUT2D eigenvalue weighted by molar-refractivity contribution is -0.117. The molecule has 0 radical (unpaired) electrons. The van der Waals surface area contributed by atoms with Gasteiger partial charge in [0.2, 0.25) is 5.91 Å². The van der Waals surface area contributed by atoms with Crippen molar-refractivity contribution in [2.75, 3.05) is 37.7 Å². The molecule has 1 amide bonds. The number of hydrogen-bond acceptors (Lipinski definition) is 5. The zero-order chi connectivity index (χ0) is 15.9. The van der Waals surface area contributed by atoms with E-state index in [9.17, 15) is 13.2 Å². The molecule has 7 heteroatoms. The van der Waals surface area contributed by atoms with Crippen LogP contribution in [0.25, 0.3) is 0 Å². The SMILES string of the molecule is CC(C)N(CCS(=O)(=O)CCC(N)=O)CC1CCNCC1. The molecule has 0 bridgehead atoms. The molecule has 0 aromatic heterocycles. The van der Waals surface area contributed by atoms with Crippen LogP contribution in [0, 0.1) is 5.92 Å². The van der Waals surface area contributed by atoms with Gasteiger partial charge in [0.15, 0.2) is 9.84 Å². The molecule has 21 heavy (non-hydrogen) atoms. The predicted octanol–water partition coefficient (Wildman–Crippen LogP) is -0.0134. The maximum Gasteiger partial charge on any atom is 0.218 e. The third-order valence-corrected chi connectivity index (χ3v) is 5.66. The minimum atomic E-state index is -3.20. The van der Waals surface area contributed by atoms with Crippen molar-refractivity contribution in [3.8, 4) is 0 Å². The molecule has 1 aliphatic rings. The van der Waals surface area contributed by atoms with Crippen molar-refractivity contribution in [3.63, 3.8) is 0 Å². The summed E-state index contributed by atoms with van der Waals surface area (Å²) in [6.45, 7) is 7.77. The molecule has 3 N–H and O–H groups in total. The van der Waals surface area contributed by atoms with Crippen molar-refractivity contribution in [1.82, 2.24) is 10.2 Å². The first-order valence-electron chi connectivity index (χ1n) is 7.73. The smallest absolute Gasteiger partial charge is 0.218 e. The monoisotopic (exact) mass is 319 g/mol. The lowest BCUT2D eigenvalue weighted by Crippen LogP contribution is -2.41. The summed E-state index contributed by atoms with van der Waals surface area (Å²) < 4.78 is 23.8. The molecule has 0 unspecified atom stereocenters. The zero-order valence-electron chi connectivity index (χ0n) is 13.2. The summed E-state index contributed by atoms with van der Waals surface area (Å²) in [7, 11) is -3.20. The van der Waals surface area contributed by atoms with Gasteiger partial charge in [0.05, 0.1) is 11.5 Å². The molecule has 0 aromatic rings. The highest BCUT2D eigenvalue weighted by Crippen LogP contribution is 2.15. The fourth-order valence-corrected chi connectivity index (χ4v) is 3.80. The number of nitrogens with zero attached hydrogens (tertiary/aromatic N) is 1. The van der Waals surface area contributed by atoms with Crippen molar-refractivity contribution in [1.29, 1.82) is 0 Å². The van der Waals surface area contributed by atoms with Gasteiger partial charge in [-0.05, 0) is 45.7 Å². The molecule has 124 valence electrons. The molecule has 1 heterocycles. The molecule has 0 spiro atoms. The highest BCUT2D eigenvalue weighted by Gasteiger charge is 2.21. The average molecular weight is 319 g/mol. The van der Waals surface area contributed by atoms with Crippen LogP contribution in [0.2, 0.25) is 0 Å². The molecule has 0 saturated carbocycles. The number of nitrogens with one attached hydrogen (secondary N) is 1. The Labute approximate surface area is 128 Å². The first-order chi connectivity index (χ1) is 9.80. The van der Waals surface area contributed by atoms with E-state index < -0.39 is 15.7 Å². The Balaban J connectivity index is 2.44. The Hall–Kier alpha value is -0.660. The first kappa shape index (κ1) is 18.4. The van der Waals surface area contributed by atoms with Crippen LogP contribution in [0.4, 0.5) is 0 Å². The topological polar surface area (TPSA) is 92.5 Å². The number of nitrogens with two attached hydrogens (primary N) is 1. The summed E-state index contributed by atoms with van der Waals surface area (Å²) in [4.78, 5) is 12.9. The average Bonchev–Trinajstić information content (AvgIpc) is 2.42. The van der Waals surface area contributed by atoms with E-state index in [4.69, 9.17) is 5.73 Å². The third-order valence-electron chi connectivity index (χ3n) is 4.03. The molecule has 0 aliphatic carbocycles. The van der Waals surface area contributed by atoms with Crippen LogP contribution >= 0.6 is 0 Å². The Bertz CT molecular complexity index is 417. The maximum absolute atomic E-state index is 11.9. The number of carbonyl (C=O) groups excluding carboxylic acids is 1. The maximum atomic E-state index is 11.9.